The fourth-order valence-corrected chi connectivity index (χ4v) is 4.05. The minimum absolute atomic E-state index is 0.408. The van der Waals surface area contributed by atoms with Crippen LogP contribution < -0.4 is 10.2 Å². The van der Waals surface area contributed by atoms with E-state index in [0.717, 1.165) is 38.7 Å². The molecule has 108 valence electrons. The zero-order chi connectivity index (χ0) is 13.6. The summed E-state index contributed by atoms with van der Waals surface area (Å²) in [5.41, 5.74) is 1.65. The van der Waals surface area contributed by atoms with Gasteiger partial charge in [0.15, 0.2) is 0 Å². The maximum atomic E-state index is 4.91. The van der Waals surface area contributed by atoms with Crippen molar-refractivity contribution < 1.29 is 0 Å². The van der Waals surface area contributed by atoms with E-state index < -0.39 is 0 Å². The Kier molecular flexibility index (Phi) is 2.93. The molecule has 0 radical (unpaired) electrons. The van der Waals surface area contributed by atoms with Gasteiger partial charge in [0.25, 0.3) is 0 Å². The number of anilines is 1. The molecule has 1 unspecified atom stereocenters. The van der Waals surface area contributed by atoms with Gasteiger partial charge < -0.3 is 15.1 Å². The van der Waals surface area contributed by atoms with E-state index in [1.165, 1.54) is 25.1 Å². The molecule has 1 spiro atoms. The largest absolute Gasteiger partial charge is 0.341 e. The molecule has 0 aliphatic carbocycles. The van der Waals surface area contributed by atoms with Crippen molar-refractivity contribution in [3.05, 3.63) is 18.0 Å². The Bertz CT molecular complexity index is 493. The number of hydrogen-bond acceptors (Lipinski definition) is 5. The average Bonchev–Trinajstić information content (AvgIpc) is 3.05. The molecule has 5 heteroatoms. The van der Waals surface area contributed by atoms with Crippen molar-refractivity contribution in [2.45, 2.75) is 18.8 Å². The highest BCUT2D eigenvalue weighted by molar-refractivity contribution is 5.33. The molecule has 1 N–H and O–H groups in total. The number of rotatable bonds is 2. The van der Waals surface area contributed by atoms with Crippen LogP contribution in [0.5, 0.6) is 0 Å². The van der Waals surface area contributed by atoms with E-state index in [2.05, 4.69) is 33.2 Å². The third-order valence-electron chi connectivity index (χ3n) is 5.18. The molecule has 0 aromatic carbocycles. The number of nitrogens with zero attached hydrogens (tertiary/aromatic N) is 4. The molecular weight excluding hydrogens is 250 g/mol. The van der Waals surface area contributed by atoms with Crippen molar-refractivity contribution >= 4 is 5.95 Å². The maximum absolute atomic E-state index is 4.91. The van der Waals surface area contributed by atoms with Gasteiger partial charge in [0.1, 0.15) is 0 Å². The molecule has 3 fully saturated rings. The minimum Gasteiger partial charge on any atom is -0.341 e. The fourth-order valence-electron chi connectivity index (χ4n) is 4.05. The molecule has 4 rings (SSSR count). The van der Waals surface area contributed by atoms with E-state index in [-0.39, 0.29) is 0 Å². The van der Waals surface area contributed by atoms with Crippen LogP contribution in [-0.4, -0.2) is 61.2 Å². The molecule has 3 saturated heterocycles. The van der Waals surface area contributed by atoms with E-state index in [0.29, 0.717) is 11.3 Å². The highest BCUT2D eigenvalue weighted by Crippen LogP contribution is 2.44. The summed E-state index contributed by atoms with van der Waals surface area (Å²) >= 11 is 0. The zero-order valence-electron chi connectivity index (χ0n) is 12.2. The lowest BCUT2D eigenvalue weighted by atomic mass is 9.71. The van der Waals surface area contributed by atoms with E-state index in [9.17, 15) is 0 Å². The summed E-state index contributed by atoms with van der Waals surface area (Å²) in [5, 5.41) is 3.45. The predicted molar refractivity (Wildman–Crippen MR) is 79.0 cm³/mol. The quantitative estimate of drug-likeness (QED) is 0.859. The summed E-state index contributed by atoms with van der Waals surface area (Å²) in [6, 6.07) is 2.13. The molecule has 4 heterocycles. The lowest BCUT2D eigenvalue weighted by Crippen LogP contribution is -2.57. The maximum Gasteiger partial charge on any atom is 0.225 e. The molecule has 0 amide bonds. The number of nitrogens with one attached hydrogen (secondary N) is 1. The highest BCUT2D eigenvalue weighted by Gasteiger charge is 2.50. The highest BCUT2D eigenvalue weighted by atomic mass is 15.3. The Balaban J connectivity index is 1.63. The Morgan fingerprint density at radius 3 is 2.80 bits per heavy atom. The van der Waals surface area contributed by atoms with E-state index in [1.54, 1.807) is 0 Å². The van der Waals surface area contributed by atoms with Gasteiger partial charge in [-0.2, -0.15) is 0 Å². The second kappa shape index (κ2) is 4.67. The van der Waals surface area contributed by atoms with Crippen molar-refractivity contribution in [2.24, 2.45) is 5.41 Å². The molecule has 3 aliphatic rings. The first kappa shape index (κ1) is 12.5. The van der Waals surface area contributed by atoms with Gasteiger partial charge in [-0.15, -0.1) is 0 Å². The summed E-state index contributed by atoms with van der Waals surface area (Å²) in [7, 11) is 2.22. The first-order chi connectivity index (χ1) is 9.77. The smallest absolute Gasteiger partial charge is 0.225 e. The summed E-state index contributed by atoms with van der Waals surface area (Å²) in [5.74, 6) is 1.50. The van der Waals surface area contributed by atoms with Crippen molar-refractivity contribution in [3.63, 3.8) is 0 Å². The van der Waals surface area contributed by atoms with Crippen LogP contribution in [-0.2, 0) is 0 Å². The molecule has 1 aromatic heterocycles. The van der Waals surface area contributed by atoms with Crippen LogP contribution in [0.15, 0.2) is 12.3 Å². The van der Waals surface area contributed by atoms with Crippen molar-refractivity contribution in [1.82, 2.24) is 20.2 Å². The zero-order valence-corrected chi connectivity index (χ0v) is 12.2. The van der Waals surface area contributed by atoms with E-state index >= 15 is 0 Å². The molecule has 3 aliphatic heterocycles. The normalized spacial score (nSPS) is 29.1. The summed E-state index contributed by atoms with van der Waals surface area (Å²) in [6.45, 7) is 6.80. The van der Waals surface area contributed by atoms with Crippen LogP contribution in [0.1, 0.15) is 24.5 Å². The lowest BCUT2D eigenvalue weighted by molar-refractivity contribution is 0.156. The Morgan fingerprint density at radius 1 is 1.30 bits per heavy atom. The van der Waals surface area contributed by atoms with Crippen molar-refractivity contribution in [3.8, 4) is 0 Å². The number of aromatic nitrogens is 2. The molecule has 1 aromatic rings. The van der Waals surface area contributed by atoms with Gasteiger partial charge in [0.2, 0.25) is 5.95 Å². The lowest BCUT2D eigenvalue weighted by Gasteiger charge is -2.43. The van der Waals surface area contributed by atoms with Crippen LogP contribution in [0, 0.1) is 5.41 Å². The molecular formula is C15H23N5. The molecule has 20 heavy (non-hydrogen) atoms. The predicted octanol–water partition coefficient (Wildman–Crippen LogP) is 0.695. The first-order valence-electron chi connectivity index (χ1n) is 7.74. The van der Waals surface area contributed by atoms with Crippen molar-refractivity contribution in [2.75, 3.05) is 51.2 Å². The standard InChI is InChI=1S/C15H23N5/c1-19-8-12(15(11-19)9-16-10-15)13-4-5-17-14(18-13)20-6-2-3-7-20/h4-5,12,16H,2-3,6-11H2,1H3. The minimum atomic E-state index is 0.408. The average molecular weight is 273 g/mol. The van der Waals surface area contributed by atoms with Gasteiger partial charge in [0, 0.05) is 56.8 Å². The van der Waals surface area contributed by atoms with Gasteiger partial charge in [-0.1, -0.05) is 0 Å². The second-order valence-electron chi connectivity index (χ2n) is 6.69. The Morgan fingerprint density at radius 2 is 2.10 bits per heavy atom. The second-order valence-corrected chi connectivity index (χ2v) is 6.69. The fraction of sp³-hybridized carbons (Fsp3) is 0.733. The summed E-state index contributed by atoms with van der Waals surface area (Å²) < 4.78 is 0. The van der Waals surface area contributed by atoms with Crippen LogP contribution in [0.2, 0.25) is 0 Å². The van der Waals surface area contributed by atoms with Crippen molar-refractivity contribution in [1.29, 1.82) is 0 Å². The van der Waals surface area contributed by atoms with Gasteiger partial charge in [0.05, 0.1) is 5.69 Å². The third-order valence-corrected chi connectivity index (χ3v) is 5.18. The summed E-state index contributed by atoms with van der Waals surface area (Å²) in [4.78, 5) is 14.2. The number of likely N-dealkylation sites (N-methyl/N-ethyl adjacent to an activating group) is 1. The van der Waals surface area contributed by atoms with Gasteiger partial charge >= 0.3 is 0 Å². The number of likely N-dealkylation sites (tertiary alicyclic amines) is 1. The van der Waals surface area contributed by atoms with Gasteiger partial charge in [-0.05, 0) is 26.0 Å². The topological polar surface area (TPSA) is 44.3 Å². The Hall–Kier alpha value is -1.20. The molecule has 1 atom stereocenters. The van der Waals surface area contributed by atoms with Gasteiger partial charge in [-0.3, -0.25) is 0 Å². The Labute approximate surface area is 120 Å². The van der Waals surface area contributed by atoms with Crippen LogP contribution in [0.25, 0.3) is 0 Å². The van der Waals surface area contributed by atoms with Gasteiger partial charge in [-0.25, -0.2) is 9.97 Å². The van der Waals surface area contributed by atoms with Crippen LogP contribution >= 0.6 is 0 Å². The molecule has 0 bridgehead atoms. The van der Waals surface area contributed by atoms with E-state index in [1.807, 2.05) is 6.20 Å². The molecule has 0 saturated carbocycles. The first-order valence-corrected chi connectivity index (χ1v) is 7.74. The number of hydrogen-bond donors (Lipinski definition) is 1. The SMILES string of the molecule is CN1CC(c2ccnc(N3CCCC3)n2)C2(CNC2)C1. The molecule has 5 nitrogen and oxygen atoms in total. The monoisotopic (exact) mass is 273 g/mol. The van der Waals surface area contributed by atoms with E-state index in [4.69, 9.17) is 4.98 Å². The van der Waals surface area contributed by atoms with Crippen LogP contribution in [0.4, 0.5) is 5.95 Å². The van der Waals surface area contributed by atoms with Crippen LogP contribution in [0.3, 0.4) is 0 Å². The third kappa shape index (κ3) is 1.91. The summed E-state index contributed by atoms with van der Waals surface area (Å²) in [6.07, 6.45) is 4.50.